The average molecular weight is 723 g/mol. The summed E-state index contributed by atoms with van der Waals surface area (Å²) >= 11 is 1.82. The summed E-state index contributed by atoms with van der Waals surface area (Å²) in [5.74, 6) is 1.94. The molecule has 0 atom stereocenters. The van der Waals surface area contributed by atoms with Gasteiger partial charge in [0.2, 0.25) is 0 Å². The highest BCUT2D eigenvalue weighted by Gasteiger charge is 2.37. The van der Waals surface area contributed by atoms with Crippen molar-refractivity contribution in [1.82, 2.24) is 19.5 Å². The molecule has 0 N–H and O–H groups in total. The van der Waals surface area contributed by atoms with Crippen molar-refractivity contribution in [3.63, 3.8) is 0 Å². The molecule has 1 aliphatic rings. The minimum atomic E-state index is -0.147. The van der Waals surface area contributed by atoms with Crippen molar-refractivity contribution in [3.05, 3.63) is 181 Å². The van der Waals surface area contributed by atoms with E-state index in [1.54, 1.807) is 0 Å². The quantitative estimate of drug-likeness (QED) is 0.178. The van der Waals surface area contributed by atoms with Gasteiger partial charge in [0.1, 0.15) is 0 Å². The van der Waals surface area contributed by atoms with Crippen LogP contribution < -0.4 is 0 Å². The summed E-state index contributed by atoms with van der Waals surface area (Å²) in [6, 6.07) is 60.6. The molecule has 10 aromatic rings. The molecule has 5 heteroatoms. The lowest BCUT2D eigenvalue weighted by Gasteiger charge is -2.21. The number of thiophene rings is 1. The summed E-state index contributed by atoms with van der Waals surface area (Å²) < 4.78 is 3.64. The lowest BCUT2D eigenvalue weighted by atomic mass is 9.82. The summed E-state index contributed by atoms with van der Waals surface area (Å²) in [7, 11) is 0. The van der Waals surface area contributed by atoms with Crippen LogP contribution in [0.3, 0.4) is 0 Å². The van der Waals surface area contributed by atoms with Crippen LogP contribution in [0, 0.1) is 0 Å². The highest BCUT2D eigenvalue weighted by Crippen LogP contribution is 2.51. The Morgan fingerprint density at radius 3 is 1.80 bits per heavy atom. The van der Waals surface area contributed by atoms with Gasteiger partial charge < -0.3 is 4.57 Å². The van der Waals surface area contributed by atoms with Crippen molar-refractivity contribution in [1.29, 1.82) is 0 Å². The normalized spacial score (nSPS) is 13.1. The molecular formula is C50H34N4S. The molecule has 0 amide bonds. The van der Waals surface area contributed by atoms with Gasteiger partial charge in [0.25, 0.3) is 0 Å². The van der Waals surface area contributed by atoms with Gasteiger partial charge in [-0.1, -0.05) is 147 Å². The Labute approximate surface area is 323 Å². The maximum absolute atomic E-state index is 5.38. The average Bonchev–Trinajstić information content (AvgIpc) is 3.90. The van der Waals surface area contributed by atoms with Crippen LogP contribution in [-0.4, -0.2) is 19.5 Å². The van der Waals surface area contributed by atoms with Crippen LogP contribution in [0.15, 0.2) is 170 Å². The fourth-order valence-electron chi connectivity index (χ4n) is 8.63. The molecule has 0 unspecified atom stereocenters. The van der Waals surface area contributed by atoms with Gasteiger partial charge in [-0.05, 0) is 69.6 Å². The Kier molecular flexibility index (Phi) is 7.04. The Bertz CT molecular complexity index is 3040. The Morgan fingerprint density at radius 1 is 0.473 bits per heavy atom. The summed E-state index contributed by atoms with van der Waals surface area (Å²) in [6.07, 6.45) is 0. The van der Waals surface area contributed by atoms with Crippen LogP contribution in [0.25, 0.3) is 93.3 Å². The van der Waals surface area contributed by atoms with E-state index in [2.05, 4.69) is 188 Å². The minimum absolute atomic E-state index is 0.147. The third-order valence-electron chi connectivity index (χ3n) is 11.3. The smallest absolute Gasteiger partial charge is 0.166 e. The molecule has 0 aliphatic heterocycles. The first kappa shape index (κ1) is 31.8. The number of para-hydroxylation sites is 3. The summed E-state index contributed by atoms with van der Waals surface area (Å²) in [5.41, 5.74) is 12.3. The zero-order chi connectivity index (χ0) is 36.7. The van der Waals surface area contributed by atoms with Gasteiger partial charge in [-0.2, -0.15) is 0 Å². The van der Waals surface area contributed by atoms with Crippen LogP contribution in [0.2, 0.25) is 0 Å². The Morgan fingerprint density at radius 2 is 1.04 bits per heavy atom. The van der Waals surface area contributed by atoms with Gasteiger partial charge in [0, 0.05) is 42.5 Å². The van der Waals surface area contributed by atoms with E-state index in [-0.39, 0.29) is 5.41 Å². The molecule has 11 rings (SSSR count). The van der Waals surface area contributed by atoms with Crippen molar-refractivity contribution < 1.29 is 0 Å². The highest BCUT2D eigenvalue weighted by molar-refractivity contribution is 7.22. The van der Waals surface area contributed by atoms with E-state index in [0.717, 1.165) is 33.4 Å². The zero-order valence-electron chi connectivity index (χ0n) is 30.4. The van der Waals surface area contributed by atoms with Gasteiger partial charge in [-0.3, -0.25) is 0 Å². The SMILES string of the molecule is CC1(C)c2ccccc2-c2c(-c3nc(-c4ccc(-c5cc6ccccc6s5)cc4)nc(-c4ccccc4-n4c5ccccc5c5ccccc54)n3)cccc21. The number of benzene rings is 7. The Hall–Kier alpha value is -6.69. The number of fused-ring (bicyclic) bond motifs is 7. The molecule has 1 aliphatic carbocycles. The maximum Gasteiger partial charge on any atom is 0.166 e. The summed E-state index contributed by atoms with van der Waals surface area (Å²) in [5, 5.41) is 3.69. The summed E-state index contributed by atoms with van der Waals surface area (Å²) in [6.45, 7) is 4.62. The van der Waals surface area contributed by atoms with Crippen LogP contribution >= 0.6 is 11.3 Å². The largest absolute Gasteiger partial charge is 0.309 e. The number of aromatic nitrogens is 4. The third-order valence-corrected chi connectivity index (χ3v) is 12.5. The second-order valence-electron chi connectivity index (χ2n) is 14.8. The molecule has 0 radical (unpaired) electrons. The van der Waals surface area contributed by atoms with Crippen molar-refractivity contribution >= 4 is 43.2 Å². The maximum atomic E-state index is 5.38. The topological polar surface area (TPSA) is 43.6 Å². The third kappa shape index (κ3) is 4.93. The molecule has 0 spiro atoms. The molecular weight excluding hydrogens is 689 g/mol. The van der Waals surface area contributed by atoms with E-state index < -0.39 is 0 Å². The zero-order valence-corrected chi connectivity index (χ0v) is 31.2. The molecule has 0 saturated heterocycles. The Balaban J connectivity index is 1.14. The van der Waals surface area contributed by atoms with Gasteiger partial charge in [-0.15, -0.1) is 11.3 Å². The second-order valence-corrected chi connectivity index (χ2v) is 15.9. The van der Waals surface area contributed by atoms with Crippen molar-refractivity contribution in [2.24, 2.45) is 0 Å². The molecule has 260 valence electrons. The van der Waals surface area contributed by atoms with E-state index in [0.29, 0.717) is 17.5 Å². The fourth-order valence-corrected chi connectivity index (χ4v) is 9.70. The standard InChI is InChI=1S/C50H34N4S/c1-50(2)39-20-8-4-17-36(39)46-38(19-13-21-40(46)50)49-52-47(32-28-26-31(27-29-32)45-30-33-14-3-12-25-44(33)55-45)51-48(53-49)37-18-7-11-24-43(37)54-41-22-9-5-15-34(41)35-16-6-10-23-42(35)54/h3-30H,1-2H3. The first-order chi connectivity index (χ1) is 27.0. The van der Waals surface area contributed by atoms with Gasteiger partial charge in [-0.25, -0.2) is 15.0 Å². The molecule has 0 bridgehead atoms. The highest BCUT2D eigenvalue weighted by atomic mass is 32.1. The van der Waals surface area contributed by atoms with E-state index in [4.69, 9.17) is 15.0 Å². The lowest BCUT2D eigenvalue weighted by molar-refractivity contribution is 0.660. The van der Waals surface area contributed by atoms with Gasteiger partial charge in [0.05, 0.1) is 16.7 Å². The van der Waals surface area contributed by atoms with E-state index >= 15 is 0 Å². The van der Waals surface area contributed by atoms with E-state index in [1.165, 1.54) is 53.6 Å². The molecule has 55 heavy (non-hydrogen) atoms. The van der Waals surface area contributed by atoms with Gasteiger partial charge in [0.15, 0.2) is 17.5 Å². The van der Waals surface area contributed by atoms with Crippen molar-refractivity contribution in [2.45, 2.75) is 19.3 Å². The molecule has 7 aromatic carbocycles. The second kappa shape index (κ2) is 12.2. The van der Waals surface area contributed by atoms with Crippen molar-refractivity contribution in [3.8, 4) is 61.4 Å². The number of hydrogen-bond donors (Lipinski definition) is 0. The van der Waals surface area contributed by atoms with E-state index in [1.807, 2.05) is 11.3 Å². The molecule has 3 aromatic heterocycles. The fraction of sp³-hybridized carbons (Fsp3) is 0.0600. The monoisotopic (exact) mass is 722 g/mol. The first-order valence-electron chi connectivity index (χ1n) is 18.7. The van der Waals surface area contributed by atoms with Crippen LogP contribution in [0.1, 0.15) is 25.0 Å². The molecule has 0 saturated carbocycles. The minimum Gasteiger partial charge on any atom is -0.309 e. The molecule has 3 heterocycles. The number of hydrogen-bond acceptors (Lipinski definition) is 4. The predicted molar refractivity (Wildman–Crippen MR) is 229 cm³/mol. The predicted octanol–water partition coefficient (Wildman–Crippen LogP) is 13.2. The number of nitrogens with zero attached hydrogens (tertiary/aromatic N) is 4. The van der Waals surface area contributed by atoms with Crippen LogP contribution in [0.5, 0.6) is 0 Å². The summed E-state index contributed by atoms with van der Waals surface area (Å²) in [4.78, 5) is 17.2. The first-order valence-corrected chi connectivity index (χ1v) is 19.5. The van der Waals surface area contributed by atoms with Gasteiger partial charge >= 0.3 is 0 Å². The number of rotatable bonds is 5. The van der Waals surface area contributed by atoms with E-state index in [9.17, 15) is 0 Å². The molecule has 4 nitrogen and oxygen atoms in total. The van der Waals surface area contributed by atoms with Crippen LogP contribution in [-0.2, 0) is 5.41 Å². The molecule has 0 fully saturated rings. The lowest BCUT2D eigenvalue weighted by Crippen LogP contribution is -2.14. The van der Waals surface area contributed by atoms with Crippen LogP contribution in [0.4, 0.5) is 0 Å². The van der Waals surface area contributed by atoms with Crippen molar-refractivity contribution in [2.75, 3.05) is 0 Å².